The largest absolute Gasteiger partial charge is 0.462 e. The van der Waals surface area contributed by atoms with Crippen LogP contribution in [0.15, 0.2) is 122 Å². The first-order valence-electron chi connectivity index (χ1n) is 33.5. The van der Waals surface area contributed by atoms with Crippen molar-refractivity contribution in [1.29, 1.82) is 0 Å². The fourth-order valence-electron chi connectivity index (χ4n) is 9.20. The zero-order valence-corrected chi connectivity index (χ0v) is 52.3. The molecule has 456 valence electrons. The molecule has 0 N–H and O–H groups in total. The molecule has 0 aliphatic rings. The second kappa shape index (κ2) is 67.3. The van der Waals surface area contributed by atoms with E-state index < -0.39 is 6.10 Å². The lowest BCUT2D eigenvalue weighted by Crippen LogP contribution is -2.30. The number of carbonyl (C=O) groups excluding carboxylic acids is 3. The smallest absolute Gasteiger partial charge is 0.306 e. The molecule has 0 aromatic rings. The quantitative estimate of drug-likeness (QED) is 0.0261. The van der Waals surface area contributed by atoms with Crippen LogP contribution in [0, 0.1) is 0 Å². The third-order valence-corrected chi connectivity index (χ3v) is 14.2. The normalized spacial score (nSPS) is 12.9. The molecule has 0 aliphatic carbocycles. The van der Waals surface area contributed by atoms with Crippen LogP contribution in [-0.2, 0) is 28.6 Å². The summed E-state index contributed by atoms with van der Waals surface area (Å²) < 4.78 is 16.9. The Morgan fingerprint density at radius 3 is 0.787 bits per heavy atom. The lowest BCUT2D eigenvalue weighted by atomic mass is 10.0. The number of hydrogen-bond acceptors (Lipinski definition) is 6. The Morgan fingerprint density at radius 2 is 0.487 bits per heavy atom. The van der Waals surface area contributed by atoms with E-state index in [1.54, 1.807) is 0 Å². The summed E-state index contributed by atoms with van der Waals surface area (Å²) in [6, 6.07) is 0. The minimum Gasteiger partial charge on any atom is -0.462 e. The van der Waals surface area contributed by atoms with Crippen molar-refractivity contribution in [2.45, 2.75) is 316 Å². The van der Waals surface area contributed by atoms with Gasteiger partial charge in [-0.1, -0.05) is 296 Å². The van der Waals surface area contributed by atoms with E-state index in [0.29, 0.717) is 19.3 Å². The third kappa shape index (κ3) is 64.6. The minimum atomic E-state index is -0.787. The number of unbranched alkanes of at least 4 members (excludes halogenated alkanes) is 29. The molecule has 0 saturated heterocycles. The molecular weight excluding hydrogens is 985 g/mol. The van der Waals surface area contributed by atoms with Gasteiger partial charge in [-0.15, -0.1) is 0 Å². The highest BCUT2D eigenvalue weighted by atomic mass is 16.6. The second-order valence-corrected chi connectivity index (χ2v) is 22.0. The maximum Gasteiger partial charge on any atom is 0.306 e. The van der Waals surface area contributed by atoms with Gasteiger partial charge in [-0.3, -0.25) is 14.4 Å². The van der Waals surface area contributed by atoms with E-state index in [2.05, 4.69) is 142 Å². The molecule has 80 heavy (non-hydrogen) atoms. The van der Waals surface area contributed by atoms with Gasteiger partial charge in [-0.25, -0.2) is 0 Å². The van der Waals surface area contributed by atoms with Crippen molar-refractivity contribution in [3.8, 4) is 0 Å². The monoisotopic (exact) mass is 1110 g/mol. The summed E-state index contributed by atoms with van der Waals surface area (Å²) in [5.41, 5.74) is 0. The molecular formula is C74H124O6. The van der Waals surface area contributed by atoms with Crippen LogP contribution in [0.4, 0.5) is 0 Å². The van der Waals surface area contributed by atoms with Crippen LogP contribution >= 0.6 is 0 Å². The average Bonchev–Trinajstić information content (AvgIpc) is 3.46. The second-order valence-electron chi connectivity index (χ2n) is 22.0. The van der Waals surface area contributed by atoms with Gasteiger partial charge in [-0.05, 0) is 116 Å². The van der Waals surface area contributed by atoms with Gasteiger partial charge < -0.3 is 14.2 Å². The van der Waals surface area contributed by atoms with E-state index in [4.69, 9.17) is 14.2 Å². The molecule has 1 atom stereocenters. The van der Waals surface area contributed by atoms with Gasteiger partial charge in [0.1, 0.15) is 13.2 Å². The lowest BCUT2D eigenvalue weighted by Gasteiger charge is -2.18. The molecule has 6 heteroatoms. The molecule has 0 heterocycles. The van der Waals surface area contributed by atoms with Gasteiger partial charge in [0.05, 0.1) is 0 Å². The van der Waals surface area contributed by atoms with E-state index in [1.165, 1.54) is 141 Å². The van der Waals surface area contributed by atoms with E-state index in [0.717, 1.165) is 128 Å². The van der Waals surface area contributed by atoms with Crippen molar-refractivity contribution >= 4 is 17.9 Å². The van der Waals surface area contributed by atoms with Crippen LogP contribution in [0.1, 0.15) is 310 Å². The fraction of sp³-hybridized carbons (Fsp3) is 0.689. The summed E-state index contributed by atoms with van der Waals surface area (Å²) in [7, 11) is 0. The van der Waals surface area contributed by atoms with E-state index in [1.807, 2.05) is 0 Å². The molecule has 0 saturated carbocycles. The number of ether oxygens (including phenoxy) is 3. The van der Waals surface area contributed by atoms with Crippen LogP contribution in [-0.4, -0.2) is 37.2 Å². The Kier molecular flexibility index (Phi) is 63.8. The van der Waals surface area contributed by atoms with Crippen LogP contribution in [0.5, 0.6) is 0 Å². The fourth-order valence-corrected chi connectivity index (χ4v) is 9.20. The van der Waals surface area contributed by atoms with Crippen LogP contribution in [0.2, 0.25) is 0 Å². The zero-order chi connectivity index (χ0) is 57.8. The first kappa shape index (κ1) is 75.8. The first-order valence-corrected chi connectivity index (χ1v) is 33.5. The molecule has 6 nitrogen and oxygen atoms in total. The van der Waals surface area contributed by atoms with Gasteiger partial charge in [0, 0.05) is 19.3 Å². The lowest BCUT2D eigenvalue weighted by molar-refractivity contribution is -0.167. The number of rotatable bonds is 60. The highest BCUT2D eigenvalue weighted by Gasteiger charge is 2.19. The molecule has 0 bridgehead atoms. The maximum atomic E-state index is 12.9. The Bertz CT molecular complexity index is 1650. The van der Waals surface area contributed by atoms with Crippen molar-refractivity contribution in [1.82, 2.24) is 0 Å². The number of esters is 3. The van der Waals surface area contributed by atoms with E-state index in [-0.39, 0.29) is 31.1 Å². The van der Waals surface area contributed by atoms with Gasteiger partial charge in [0.25, 0.3) is 0 Å². The predicted molar refractivity (Wildman–Crippen MR) is 348 cm³/mol. The van der Waals surface area contributed by atoms with Gasteiger partial charge in [0.2, 0.25) is 0 Å². The Morgan fingerprint density at radius 1 is 0.263 bits per heavy atom. The van der Waals surface area contributed by atoms with Crippen molar-refractivity contribution in [2.75, 3.05) is 13.2 Å². The van der Waals surface area contributed by atoms with Gasteiger partial charge >= 0.3 is 17.9 Å². The summed E-state index contributed by atoms with van der Waals surface area (Å²) in [6.07, 6.45) is 93.5. The van der Waals surface area contributed by atoms with Crippen LogP contribution in [0.3, 0.4) is 0 Å². The van der Waals surface area contributed by atoms with E-state index in [9.17, 15) is 14.4 Å². The van der Waals surface area contributed by atoms with Gasteiger partial charge in [0.15, 0.2) is 6.10 Å². The maximum absolute atomic E-state index is 12.9. The van der Waals surface area contributed by atoms with Crippen molar-refractivity contribution in [2.24, 2.45) is 0 Å². The average molecular weight is 1110 g/mol. The topological polar surface area (TPSA) is 78.9 Å². The Labute approximate surface area is 494 Å². The number of allylic oxidation sites excluding steroid dienone is 20. The summed E-state index contributed by atoms with van der Waals surface area (Å²) in [4.78, 5) is 38.3. The van der Waals surface area contributed by atoms with Crippen molar-refractivity contribution in [3.63, 3.8) is 0 Å². The molecule has 0 fully saturated rings. The molecule has 0 aromatic heterocycles. The zero-order valence-electron chi connectivity index (χ0n) is 52.3. The summed E-state index contributed by atoms with van der Waals surface area (Å²) >= 11 is 0. The summed E-state index contributed by atoms with van der Waals surface area (Å²) in [5.74, 6) is -0.891. The standard InChI is InChI=1S/C74H124O6/c1-4-7-10-13-16-19-22-25-27-29-30-31-32-33-34-35-36-37-38-39-40-41-42-43-44-46-47-49-52-55-58-61-64-67-73(76)79-70-71(69-78-72(75)66-63-60-57-54-51-24-21-18-15-12-9-6-3)80-74(77)68-65-62-59-56-53-50-48-45-28-26-23-20-17-14-11-8-5-2/h7,10,16-17,19-20,25-28,30-31,33-34,36-37,39-40,42-43,71H,4-6,8-9,11-15,18,21-24,29,32,35,38,41,44-70H2,1-3H3/b10-7-,19-16-,20-17-,27-25-,28-26-,31-30-,34-33-,37-36-,40-39-,43-42-. The highest BCUT2D eigenvalue weighted by Crippen LogP contribution is 2.16. The molecule has 0 amide bonds. The Balaban J connectivity index is 4.27. The van der Waals surface area contributed by atoms with Crippen molar-refractivity contribution in [3.05, 3.63) is 122 Å². The predicted octanol–water partition coefficient (Wildman–Crippen LogP) is 23.2. The van der Waals surface area contributed by atoms with Crippen molar-refractivity contribution < 1.29 is 28.6 Å². The molecule has 0 radical (unpaired) electrons. The minimum absolute atomic E-state index is 0.0823. The number of carbonyl (C=O) groups is 3. The summed E-state index contributed by atoms with van der Waals surface area (Å²) in [5, 5.41) is 0. The van der Waals surface area contributed by atoms with Crippen LogP contribution in [0.25, 0.3) is 0 Å². The molecule has 0 aromatic carbocycles. The molecule has 0 aliphatic heterocycles. The first-order chi connectivity index (χ1) is 39.5. The highest BCUT2D eigenvalue weighted by molar-refractivity contribution is 5.71. The van der Waals surface area contributed by atoms with Crippen LogP contribution < -0.4 is 0 Å². The molecule has 1 unspecified atom stereocenters. The molecule has 0 rings (SSSR count). The number of hydrogen-bond donors (Lipinski definition) is 0. The van der Waals surface area contributed by atoms with Gasteiger partial charge in [-0.2, -0.15) is 0 Å². The SMILES string of the molecule is CC/C=C\C/C=C\C/C=C\C/C=C\C/C=C\C/C=C\C/C=C\C/C=C\CCCCCCCCCCC(=O)OCC(COC(=O)CCCCCCCCCCCCCC)OC(=O)CCCCCCCCC/C=C\C/C=C\CCCCC. The summed E-state index contributed by atoms with van der Waals surface area (Å²) in [6.45, 7) is 6.50. The molecule has 0 spiro atoms. The van der Waals surface area contributed by atoms with E-state index >= 15 is 0 Å². The third-order valence-electron chi connectivity index (χ3n) is 14.2. The Hall–Kier alpha value is -4.19.